The summed E-state index contributed by atoms with van der Waals surface area (Å²) >= 11 is 0. The van der Waals surface area contributed by atoms with E-state index in [1.54, 1.807) is 4.90 Å². The number of rotatable bonds is 5. The number of cyclic esters (lactones) is 1. The molecule has 0 aromatic carbocycles. The lowest BCUT2D eigenvalue weighted by Crippen LogP contribution is -2.60. The molecular formula is C30H44N2O6. The van der Waals surface area contributed by atoms with Crippen LogP contribution in [-0.2, 0) is 23.9 Å². The van der Waals surface area contributed by atoms with Gasteiger partial charge in [0.15, 0.2) is 0 Å². The van der Waals surface area contributed by atoms with Crippen molar-refractivity contribution in [3.63, 3.8) is 0 Å². The van der Waals surface area contributed by atoms with Gasteiger partial charge in [-0.05, 0) is 51.4 Å². The number of hydrogen-bond acceptors (Lipinski definition) is 6. The molecule has 1 aliphatic carbocycles. The Labute approximate surface area is 226 Å². The molecule has 6 atom stereocenters. The van der Waals surface area contributed by atoms with Crippen molar-refractivity contribution in [2.75, 3.05) is 19.8 Å². The number of amides is 2. The first-order chi connectivity index (χ1) is 18.2. The summed E-state index contributed by atoms with van der Waals surface area (Å²) in [5, 5.41) is 10.5. The van der Waals surface area contributed by atoms with Crippen LogP contribution in [-0.4, -0.2) is 81.8 Å². The number of carbonyl (C=O) groups excluding carboxylic acids is 3. The highest BCUT2D eigenvalue weighted by atomic mass is 16.6. The van der Waals surface area contributed by atoms with Crippen molar-refractivity contribution >= 4 is 17.8 Å². The van der Waals surface area contributed by atoms with Crippen molar-refractivity contribution in [2.45, 2.75) is 108 Å². The number of nitrogens with zero attached hydrogens (tertiary/aromatic N) is 2. The number of allylic oxidation sites excluding steroid dienone is 1. The Balaban J connectivity index is 1.63. The van der Waals surface area contributed by atoms with E-state index in [1.165, 1.54) is 6.42 Å². The predicted octanol–water partition coefficient (Wildman–Crippen LogP) is 3.38. The maximum absolute atomic E-state index is 14.6. The van der Waals surface area contributed by atoms with E-state index >= 15 is 0 Å². The van der Waals surface area contributed by atoms with Crippen molar-refractivity contribution in [1.29, 1.82) is 0 Å². The Bertz CT molecular complexity index is 987. The fourth-order valence-electron chi connectivity index (χ4n) is 7.69. The predicted molar refractivity (Wildman–Crippen MR) is 142 cm³/mol. The number of esters is 1. The average Bonchev–Trinajstić information content (AvgIpc) is 3.22. The molecule has 8 nitrogen and oxygen atoms in total. The van der Waals surface area contributed by atoms with Crippen LogP contribution < -0.4 is 0 Å². The molecule has 38 heavy (non-hydrogen) atoms. The van der Waals surface area contributed by atoms with Crippen LogP contribution in [0.5, 0.6) is 0 Å². The van der Waals surface area contributed by atoms with E-state index in [4.69, 9.17) is 9.47 Å². The van der Waals surface area contributed by atoms with Crippen LogP contribution in [0.25, 0.3) is 0 Å². The van der Waals surface area contributed by atoms with Crippen LogP contribution in [0.2, 0.25) is 0 Å². The molecule has 8 heteroatoms. The van der Waals surface area contributed by atoms with Crippen LogP contribution in [0.1, 0.15) is 78.6 Å². The van der Waals surface area contributed by atoms with Crippen molar-refractivity contribution in [3.8, 4) is 0 Å². The molecule has 0 aromatic heterocycles. The molecule has 2 amide bonds. The van der Waals surface area contributed by atoms with E-state index in [0.29, 0.717) is 19.6 Å². The van der Waals surface area contributed by atoms with E-state index in [9.17, 15) is 19.5 Å². The second-order valence-corrected chi connectivity index (χ2v) is 12.5. The van der Waals surface area contributed by atoms with Gasteiger partial charge in [0.2, 0.25) is 11.8 Å². The topological polar surface area (TPSA) is 96.4 Å². The monoisotopic (exact) mass is 528 g/mol. The minimum absolute atomic E-state index is 0.118. The minimum atomic E-state index is -1.31. The highest BCUT2D eigenvalue weighted by molar-refractivity contribution is 5.99. The van der Waals surface area contributed by atoms with E-state index < -0.39 is 41.1 Å². The molecule has 2 saturated heterocycles. The molecule has 1 N–H and O–H groups in total. The zero-order chi connectivity index (χ0) is 27.1. The first-order valence-corrected chi connectivity index (χ1v) is 14.7. The zero-order valence-corrected chi connectivity index (χ0v) is 23.1. The molecule has 1 spiro atoms. The molecular weight excluding hydrogens is 484 g/mol. The quantitative estimate of drug-likeness (QED) is 0.434. The summed E-state index contributed by atoms with van der Waals surface area (Å²) in [7, 11) is 0. The summed E-state index contributed by atoms with van der Waals surface area (Å²) in [5.74, 6) is -2.46. The van der Waals surface area contributed by atoms with E-state index in [2.05, 4.69) is 0 Å². The van der Waals surface area contributed by atoms with Gasteiger partial charge in [-0.1, -0.05) is 57.4 Å². The van der Waals surface area contributed by atoms with Gasteiger partial charge >= 0.3 is 5.97 Å². The smallest absolute Gasteiger partial charge is 0.313 e. The van der Waals surface area contributed by atoms with Crippen LogP contribution in [0.15, 0.2) is 24.3 Å². The van der Waals surface area contributed by atoms with Gasteiger partial charge in [-0.25, -0.2) is 0 Å². The normalized spacial score (nSPS) is 37.9. The molecule has 1 saturated carbocycles. The van der Waals surface area contributed by atoms with Crippen molar-refractivity contribution in [1.82, 2.24) is 9.80 Å². The lowest BCUT2D eigenvalue weighted by atomic mass is 9.74. The standard InChI is InChI=1S/C30H44N2O6/c1-20(2)18-22(19-33)32-25-27(35)31(21-12-7-6-8-13-21)16-11-15-30(25)23(26(32)34)24-28(36)37-17-10-5-4-9-14-29(24,3)38-30/h9,11,14-15,20-25,33H,4-8,10,12-13,16-19H2,1-3H3/b14-9-/t22-,23+,24+,25?,29-,30+/m1/s1. The van der Waals surface area contributed by atoms with Gasteiger partial charge in [0, 0.05) is 12.6 Å². The molecule has 5 aliphatic rings. The second kappa shape index (κ2) is 10.8. The highest BCUT2D eigenvalue weighted by Crippen LogP contribution is 2.57. The molecule has 0 radical (unpaired) electrons. The summed E-state index contributed by atoms with van der Waals surface area (Å²) in [6.45, 7) is 6.43. The number of aliphatic hydroxyl groups is 1. The molecule has 0 bridgehead atoms. The first kappa shape index (κ1) is 27.4. The van der Waals surface area contributed by atoms with Crippen LogP contribution in [0, 0.1) is 17.8 Å². The molecule has 4 aliphatic heterocycles. The van der Waals surface area contributed by atoms with Crippen LogP contribution in [0.4, 0.5) is 0 Å². The van der Waals surface area contributed by atoms with E-state index in [1.807, 2.05) is 50.0 Å². The van der Waals surface area contributed by atoms with Crippen molar-refractivity contribution < 1.29 is 29.0 Å². The maximum atomic E-state index is 14.6. The summed E-state index contributed by atoms with van der Waals surface area (Å²) in [4.78, 5) is 46.1. The molecule has 4 heterocycles. The Kier molecular flexibility index (Phi) is 7.75. The fourth-order valence-corrected chi connectivity index (χ4v) is 7.69. The Morgan fingerprint density at radius 2 is 1.76 bits per heavy atom. The Morgan fingerprint density at radius 1 is 1.00 bits per heavy atom. The van der Waals surface area contributed by atoms with Crippen LogP contribution in [0.3, 0.4) is 0 Å². The van der Waals surface area contributed by atoms with Gasteiger partial charge in [0.05, 0.1) is 30.8 Å². The average molecular weight is 529 g/mol. The maximum Gasteiger partial charge on any atom is 0.313 e. The summed E-state index contributed by atoms with van der Waals surface area (Å²) in [6, 6.07) is -1.36. The fraction of sp³-hybridized carbons (Fsp3) is 0.767. The lowest BCUT2D eigenvalue weighted by Gasteiger charge is -2.42. The Morgan fingerprint density at radius 3 is 2.47 bits per heavy atom. The van der Waals surface area contributed by atoms with E-state index in [-0.39, 0.29) is 30.4 Å². The first-order valence-electron chi connectivity index (χ1n) is 14.7. The van der Waals surface area contributed by atoms with Crippen molar-refractivity contribution in [2.24, 2.45) is 17.8 Å². The lowest BCUT2D eigenvalue weighted by molar-refractivity contribution is -0.162. The minimum Gasteiger partial charge on any atom is -0.465 e. The molecule has 3 fully saturated rings. The largest absolute Gasteiger partial charge is 0.465 e. The number of fused-ring (bicyclic) bond motifs is 2. The molecule has 1 unspecified atom stereocenters. The van der Waals surface area contributed by atoms with Gasteiger partial charge in [-0.15, -0.1) is 0 Å². The number of likely N-dealkylation sites (tertiary alicyclic amines) is 1. The van der Waals surface area contributed by atoms with Gasteiger partial charge in [0.1, 0.15) is 17.6 Å². The van der Waals surface area contributed by atoms with Gasteiger partial charge in [-0.3, -0.25) is 14.4 Å². The molecule has 5 rings (SSSR count). The third kappa shape index (κ3) is 4.51. The van der Waals surface area contributed by atoms with Crippen molar-refractivity contribution in [3.05, 3.63) is 24.3 Å². The van der Waals surface area contributed by atoms with Gasteiger partial charge < -0.3 is 24.4 Å². The summed E-state index contributed by atoms with van der Waals surface area (Å²) in [5.41, 5.74) is -2.39. The SMILES string of the molecule is CC(C)C[C@H](CO)N1C(=O)[C@@H]2[C@H]3C(=O)OCCCC/C=C\[C@@]3(C)O[C@@]23C=CCN(C2CCCCC2)C(=O)C13. The number of carbonyl (C=O) groups is 3. The molecule has 0 aromatic rings. The number of ether oxygens (including phenoxy) is 2. The second-order valence-electron chi connectivity index (χ2n) is 12.5. The number of hydrogen-bond donors (Lipinski definition) is 1. The van der Waals surface area contributed by atoms with Crippen LogP contribution >= 0.6 is 0 Å². The van der Waals surface area contributed by atoms with Gasteiger partial charge in [-0.2, -0.15) is 0 Å². The highest BCUT2D eigenvalue weighted by Gasteiger charge is 2.75. The third-order valence-corrected chi connectivity index (χ3v) is 9.33. The van der Waals surface area contributed by atoms with E-state index in [0.717, 1.165) is 44.9 Å². The zero-order valence-electron chi connectivity index (χ0n) is 23.1. The molecule has 210 valence electrons. The summed E-state index contributed by atoms with van der Waals surface area (Å²) < 4.78 is 12.6. The number of aliphatic hydroxyl groups excluding tert-OH is 1. The van der Waals surface area contributed by atoms with Gasteiger partial charge in [0.25, 0.3) is 0 Å². The third-order valence-electron chi connectivity index (χ3n) is 9.33. The Hall–Kier alpha value is -2.19. The summed E-state index contributed by atoms with van der Waals surface area (Å²) in [6.07, 6.45) is 16.1.